The Morgan fingerprint density at radius 3 is 2.12 bits per heavy atom. The van der Waals surface area contributed by atoms with Crippen molar-refractivity contribution in [2.75, 3.05) is 6.54 Å². The predicted molar refractivity (Wildman–Crippen MR) is 117 cm³/mol. The highest BCUT2D eigenvalue weighted by atomic mass is 16.6. The summed E-state index contributed by atoms with van der Waals surface area (Å²) in [7, 11) is 0. The number of carbonyl (C=O) groups excluding carboxylic acids is 3. The number of carboxylic acids is 1. The van der Waals surface area contributed by atoms with Crippen molar-refractivity contribution < 1.29 is 34.1 Å². The second kappa shape index (κ2) is 11.9. The molecule has 0 fully saturated rings. The Morgan fingerprint density at radius 1 is 1.03 bits per heavy atom. The lowest BCUT2D eigenvalue weighted by Gasteiger charge is -2.27. The van der Waals surface area contributed by atoms with Crippen LogP contribution in [0.1, 0.15) is 46.6 Å². The van der Waals surface area contributed by atoms with Crippen molar-refractivity contribution in [3.63, 3.8) is 0 Å². The molecule has 1 rings (SSSR count). The van der Waals surface area contributed by atoms with Crippen LogP contribution < -0.4 is 16.0 Å². The minimum absolute atomic E-state index is 0.0572. The fourth-order valence-corrected chi connectivity index (χ4v) is 2.76. The van der Waals surface area contributed by atoms with Crippen molar-refractivity contribution in [1.29, 1.82) is 0 Å². The fourth-order valence-electron chi connectivity index (χ4n) is 2.76. The van der Waals surface area contributed by atoms with Gasteiger partial charge in [-0.15, -0.1) is 0 Å². The van der Waals surface area contributed by atoms with Crippen LogP contribution in [0.3, 0.4) is 0 Å². The van der Waals surface area contributed by atoms with Gasteiger partial charge in [0, 0.05) is 6.42 Å². The van der Waals surface area contributed by atoms with Gasteiger partial charge in [0.2, 0.25) is 11.8 Å². The number of hydrogen-bond acceptors (Lipinski definition) is 6. The molecule has 0 aliphatic rings. The lowest BCUT2D eigenvalue weighted by Crippen LogP contribution is -2.57. The second-order valence-electron chi connectivity index (χ2n) is 8.55. The summed E-state index contributed by atoms with van der Waals surface area (Å²) in [6.07, 6.45) is -0.171. The Balaban J connectivity index is 3.05. The van der Waals surface area contributed by atoms with E-state index in [0.29, 0.717) is 12.0 Å². The Morgan fingerprint density at radius 2 is 1.62 bits per heavy atom. The van der Waals surface area contributed by atoms with Gasteiger partial charge in [-0.25, -0.2) is 4.79 Å². The molecule has 5 N–H and O–H groups in total. The van der Waals surface area contributed by atoms with Gasteiger partial charge in [0.25, 0.3) is 0 Å². The Hall–Kier alpha value is -3.30. The first-order valence-corrected chi connectivity index (χ1v) is 10.4. The molecule has 0 saturated carbocycles. The molecule has 1 aromatic rings. The molecule has 0 radical (unpaired) electrons. The predicted octanol–water partition coefficient (Wildman–Crippen LogP) is 1.56. The number of phenolic OH excluding ortho intramolecular Hbond substituents is 1. The summed E-state index contributed by atoms with van der Waals surface area (Å²) < 4.78 is 5.25. The van der Waals surface area contributed by atoms with Crippen molar-refractivity contribution in [2.45, 2.75) is 65.1 Å². The van der Waals surface area contributed by atoms with Crippen LogP contribution in [0.25, 0.3) is 0 Å². The number of amides is 3. The van der Waals surface area contributed by atoms with E-state index in [1.807, 2.05) is 6.92 Å². The third-order valence-corrected chi connectivity index (χ3v) is 4.59. The third-order valence-electron chi connectivity index (χ3n) is 4.59. The second-order valence-corrected chi connectivity index (χ2v) is 8.55. The maximum absolute atomic E-state index is 13.1. The average Bonchev–Trinajstić information content (AvgIpc) is 2.69. The van der Waals surface area contributed by atoms with Crippen LogP contribution in [-0.4, -0.2) is 58.3 Å². The molecule has 32 heavy (non-hydrogen) atoms. The lowest BCUT2D eigenvalue weighted by molar-refractivity contribution is -0.138. The SMILES string of the molecule is CC[C@H](C)[C@H](NC(=O)[C@H](Cc1ccc(O)cc1)NC(=O)OC(C)(C)C)C(=O)NCC(=O)O. The largest absolute Gasteiger partial charge is 0.508 e. The van der Waals surface area contributed by atoms with E-state index in [0.717, 1.165) is 0 Å². The number of rotatable bonds is 10. The number of phenols is 1. The molecular weight excluding hydrogens is 418 g/mol. The van der Waals surface area contributed by atoms with Crippen molar-refractivity contribution in [3.05, 3.63) is 29.8 Å². The topological polar surface area (TPSA) is 154 Å². The Kier molecular flexibility index (Phi) is 9.96. The molecule has 0 aliphatic heterocycles. The van der Waals surface area contributed by atoms with E-state index in [2.05, 4.69) is 16.0 Å². The molecule has 10 heteroatoms. The van der Waals surface area contributed by atoms with Crippen LogP contribution in [0.5, 0.6) is 5.75 Å². The summed E-state index contributed by atoms with van der Waals surface area (Å²) in [6.45, 7) is 8.08. The van der Waals surface area contributed by atoms with Crippen LogP contribution in [-0.2, 0) is 25.5 Å². The molecule has 0 spiro atoms. The highest BCUT2D eigenvalue weighted by molar-refractivity contribution is 5.92. The first-order valence-electron chi connectivity index (χ1n) is 10.4. The number of alkyl carbamates (subject to hydrolysis) is 1. The third kappa shape index (κ3) is 9.67. The standard InChI is InChI=1S/C22H33N3O7/c1-6-13(2)18(20(30)23-12-17(27)28)25-19(29)16(24-21(31)32-22(3,4)5)11-14-7-9-15(26)10-8-14/h7-10,13,16,18,26H,6,11-12H2,1-5H3,(H,23,30)(H,24,31)(H,25,29)(H,27,28)/t13-,16-,18-/m0/s1. The van der Waals surface area contributed by atoms with Gasteiger partial charge in [0.15, 0.2) is 0 Å². The van der Waals surface area contributed by atoms with Gasteiger partial charge >= 0.3 is 12.1 Å². The first-order chi connectivity index (χ1) is 14.8. The number of hydrogen-bond donors (Lipinski definition) is 5. The van der Waals surface area contributed by atoms with Crippen molar-refractivity contribution in [3.8, 4) is 5.75 Å². The van der Waals surface area contributed by atoms with Gasteiger partial charge in [-0.1, -0.05) is 32.4 Å². The van der Waals surface area contributed by atoms with Crippen LogP contribution in [0.15, 0.2) is 24.3 Å². The molecule has 0 aromatic heterocycles. The van der Waals surface area contributed by atoms with E-state index in [4.69, 9.17) is 9.84 Å². The van der Waals surface area contributed by atoms with Gasteiger partial charge in [0.1, 0.15) is 30.0 Å². The first kappa shape index (κ1) is 26.7. The zero-order valence-corrected chi connectivity index (χ0v) is 19.1. The molecule has 0 saturated heterocycles. The number of carboxylic acid groups (broad SMARTS) is 1. The highest BCUT2D eigenvalue weighted by Crippen LogP contribution is 2.14. The zero-order valence-electron chi connectivity index (χ0n) is 19.1. The maximum atomic E-state index is 13.1. The molecular formula is C22H33N3O7. The van der Waals surface area contributed by atoms with E-state index >= 15 is 0 Å². The number of nitrogens with one attached hydrogen (secondary N) is 3. The summed E-state index contributed by atoms with van der Waals surface area (Å²) in [4.78, 5) is 48.6. The van der Waals surface area contributed by atoms with Crippen molar-refractivity contribution in [1.82, 2.24) is 16.0 Å². The smallest absolute Gasteiger partial charge is 0.408 e. The van der Waals surface area contributed by atoms with Crippen LogP contribution in [0.2, 0.25) is 0 Å². The molecule has 1 aromatic carbocycles. The summed E-state index contributed by atoms with van der Waals surface area (Å²) >= 11 is 0. The van der Waals surface area contributed by atoms with E-state index in [1.54, 1.807) is 39.8 Å². The fraction of sp³-hybridized carbons (Fsp3) is 0.545. The number of benzene rings is 1. The number of aromatic hydroxyl groups is 1. The van der Waals surface area contributed by atoms with E-state index in [-0.39, 0.29) is 18.1 Å². The van der Waals surface area contributed by atoms with Crippen LogP contribution >= 0.6 is 0 Å². The summed E-state index contributed by atoms with van der Waals surface area (Å²) in [5.74, 6) is -2.69. The van der Waals surface area contributed by atoms with E-state index in [9.17, 15) is 24.3 Å². The number of aliphatic carboxylic acids is 1. The minimum Gasteiger partial charge on any atom is -0.508 e. The van der Waals surface area contributed by atoms with Crippen molar-refractivity contribution >= 4 is 23.9 Å². The monoisotopic (exact) mass is 451 g/mol. The number of carbonyl (C=O) groups is 4. The van der Waals surface area contributed by atoms with E-state index < -0.39 is 48.1 Å². The van der Waals surface area contributed by atoms with Crippen LogP contribution in [0, 0.1) is 5.92 Å². The Labute approximate surface area is 187 Å². The number of ether oxygens (including phenoxy) is 1. The molecule has 3 amide bonds. The van der Waals surface area contributed by atoms with E-state index in [1.165, 1.54) is 12.1 Å². The van der Waals surface area contributed by atoms with Crippen LogP contribution in [0.4, 0.5) is 4.79 Å². The normalized spacial score (nSPS) is 13.9. The maximum Gasteiger partial charge on any atom is 0.408 e. The molecule has 3 atom stereocenters. The molecule has 0 unspecified atom stereocenters. The van der Waals surface area contributed by atoms with Gasteiger partial charge in [-0.3, -0.25) is 14.4 Å². The van der Waals surface area contributed by atoms with Gasteiger partial charge < -0.3 is 30.9 Å². The molecule has 0 bridgehead atoms. The highest BCUT2D eigenvalue weighted by Gasteiger charge is 2.31. The quantitative estimate of drug-likeness (QED) is 0.362. The van der Waals surface area contributed by atoms with Crippen molar-refractivity contribution in [2.24, 2.45) is 5.92 Å². The summed E-state index contributed by atoms with van der Waals surface area (Å²) in [5, 5.41) is 25.7. The van der Waals surface area contributed by atoms with Gasteiger partial charge in [-0.2, -0.15) is 0 Å². The average molecular weight is 452 g/mol. The molecule has 0 aliphatic carbocycles. The summed E-state index contributed by atoms with van der Waals surface area (Å²) in [5.41, 5.74) is -0.117. The van der Waals surface area contributed by atoms with Gasteiger partial charge in [-0.05, 0) is 44.4 Å². The van der Waals surface area contributed by atoms with Gasteiger partial charge in [0.05, 0.1) is 0 Å². The Bertz CT molecular complexity index is 803. The molecule has 10 nitrogen and oxygen atoms in total. The lowest BCUT2D eigenvalue weighted by atomic mass is 9.97. The zero-order chi connectivity index (χ0) is 24.5. The summed E-state index contributed by atoms with van der Waals surface area (Å²) in [6, 6.07) is 4.07. The molecule has 178 valence electrons. The minimum atomic E-state index is -1.20. The molecule has 0 heterocycles.